The van der Waals surface area contributed by atoms with Crippen LogP contribution in [0.3, 0.4) is 0 Å². The number of nitrogens with one attached hydrogen (secondary N) is 2. The summed E-state index contributed by atoms with van der Waals surface area (Å²) in [5.74, 6) is -0.915. The first kappa shape index (κ1) is 24.2. The van der Waals surface area contributed by atoms with Crippen molar-refractivity contribution < 1.29 is 27.1 Å². The van der Waals surface area contributed by atoms with Crippen LogP contribution in [0.4, 0.5) is 10.1 Å². The lowest BCUT2D eigenvalue weighted by atomic mass is 10.1. The molecule has 174 valence electrons. The first-order chi connectivity index (χ1) is 15.8. The van der Waals surface area contributed by atoms with Crippen molar-refractivity contribution in [3.63, 3.8) is 0 Å². The number of sulfonamides is 1. The van der Waals surface area contributed by atoms with Gasteiger partial charge in [0.1, 0.15) is 28.3 Å². The summed E-state index contributed by atoms with van der Waals surface area (Å²) in [4.78, 5) is 12.8. The molecule has 2 N–H and O–H groups in total. The first-order valence-corrected chi connectivity index (χ1v) is 11.7. The molecule has 1 amide bonds. The van der Waals surface area contributed by atoms with E-state index in [1.807, 2.05) is 13.0 Å². The minimum absolute atomic E-state index is 0.0375. The molecule has 0 saturated heterocycles. The van der Waals surface area contributed by atoms with Gasteiger partial charge < -0.3 is 14.8 Å². The third-order valence-corrected chi connectivity index (χ3v) is 6.25. The molecule has 33 heavy (non-hydrogen) atoms. The number of ether oxygens (including phenoxy) is 2. The Morgan fingerprint density at radius 1 is 1.00 bits per heavy atom. The average Bonchev–Trinajstić information content (AvgIpc) is 2.80. The number of halogens is 1. The van der Waals surface area contributed by atoms with Gasteiger partial charge in [-0.2, -0.15) is 4.72 Å². The van der Waals surface area contributed by atoms with Crippen LogP contribution in [-0.2, 0) is 21.2 Å². The van der Waals surface area contributed by atoms with Crippen LogP contribution in [0, 0.1) is 5.82 Å². The summed E-state index contributed by atoms with van der Waals surface area (Å²) in [5.41, 5.74) is 1.15. The smallest absolute Gasteiger partial charge is 0.245 e. The van der Waals surface area contributed by atoms with E-state index in [-0.39, 0.29) is 12.2 Å². The SMILES string of the molecule is CCOc1ccccc1NC(=O)C(Cc1ccccc1)NS(=O)(=O)c1cc(F)ccc1OC. The second-order valence-electron chi connectivity index (χ2n) is 7.08. The van der Waals surface area contributed by atoms with Gasteiger partial charge in [0.15, 0.2) is 0 Å². The average molecular weight is 473 g/mol. The minimum atomic E-state index is -4.31. The maximum atomic E-state index is 13.8. The van der Waals surface area contributed by atoms with E-state index < -0.39 is 32.7 Å². The zero-order valence-electron chi connectivity index (χ0n) is 18.2. The predicted octanol–water partition coefficient (Wildman–Crippen LogP) is 3.76. The molecule has 0 aliphatic heterocycles. The summed E-state index contributed by atoms with van der Waals surface area (Å²) in [6.45, 7) is 2.21. The fourth-order valence-electron chi connectivity index (χ4n) is 3.22. The van der Waals surface area contributed by atoms with Crippen molar-refractivity contribution in [3.05, 3.63) is 84.2 Å². The van der Waals surface area contributed by atoms with Crippen molar-refractivity contribution >= 4 is 21.6 Å². The Labute approximate surface area is 192 Å². The highest BCUT2D eigenvalue weighted by Crippen LogP contribution is 2.26. The Kier molecular flexibility index (Phi) is 8.02. The zero-order valence-corrected chi connectivity index (χ0v) is 19.1. The molecule has 0 bridgehead atoms. The summed E-state index contributed by atoms with van der Waals surface area (Å²) in [7, 11) is -3.03. The molecule has 0 radical (unpaired) electrons. The Morgan fingerprint density at radius 2 is 1.70 bits per heavy atom. The van der Waals surface area contributed by atoms with Crippen molar-refractivity contribution in [2.45, 2.75) is 24.3 Å². The highest BCUT2D eigenvalue weighted by molar-refractivity contribution is 7.89. The van der Waals surface area contributed by atoms with Crippen LogP contribution >= 0.6 is 0 Å². The first-order valence-electron chi connectivity index (χ1n) is 10.3. The molecule has 0 saturated carbocycles. The van der Waals surface area contributed by atoms with E-state index in [1.165, 1.54) is 13.2 Å². The molecule has 1 atom stereocenters. The largest absolute Gasteiger partial charge is 0.495 e. The van der Waals surface area contributed by atoms with Gasteiger partial charge in [-0.15, -0.1) is 0 Å². The predicted molar refractivity (Wildman–Crippen MR) is 123 cm³/mol. The maximum Gasteiger partial charge on any atom is 0.245 e. The Morgan fingerprint density at radius 3 is 2.39 bits per heavy atom. The molecule has 3 aromatic rings. The quantitative estimate of drug-likeness (QED) is 0.469. The molecule has 0 heterocycles. The molecule has 0 aromatic heterocycles. The lowest BCUT2D eigenvalue weighted by Crippen LogP contribution is -2.45. The minimum Gasteiger partial charge on any atom is -0.495 e. The van der Waals surface area contributed by atoms with Crippen LogP contribution in [0.25, 0.3) is 0 Å². The summed E-state index contributed by atoms with van der Waals surface area (Å²) in [5, 5.41) is 2.73. The molecule has 7 nitrogen and oxygen atoms in total. The Bertz CT molecular complexity index is 1200. The van der Waals surface area contributed by atoms with Gasteiger partial charge in [-0.3, -0.25) is 4.79 Å². The van der Waals surface area contributed by atoms with Crippen molar-refractivity contribution in [3.8, 4) is 11.5 Å². The van der Waals surface area contributed by atoms with Crippen molar-refractivity contribution in [2.24, 2.45) is 0 Å². The summed E-state index contributed by atoms with van der Waals surface area (Å²) >= 11 is 0. The van der Waals surface area contributed by atoms with Gasteiger partial charge in [0, 0.05) is 0 Å². The van der Waals surface area contributed by atoms with Crippen LogP contribution < -0.4 is 19.5 Å². The van der Waals surface area contributed by atoms with Crippen LogP contribution in [0.15, 0.2) is 77.7 Å². The molecule has 3 aromatic carbocycles. The fraction of sp³-hybridized carbons (Fsp3) is 0.208. The lowest BCUT2D eigenvalue weighted by molar-refractivity contribution is -0.117. The summed E-state index contributed by atoms with van der Waals surface area (Å²) < 4.78 is 53.1. The normalized spacial score (nSPS) is 12.1. The molecule has 0 fully saturated rings. The van der Waals surface area contributed by atoms with E-state index in [0.717, 1.165) is 17.7 Å². The monoisotopic (exact) mass is 472 g/mol. The highest BCUT2D eigenvalue weighted by Gasteiger charge is 2.29. The highest BCUT2D eigenvalue weighted by atomic mass is 32.2. The standard InChI is InChI=1S/C24H25FN2O5S/c1-3-32-21-12-8-7-11-19(21)26-24(28)20(15-17-9-5-4-6-10-17)27-33(29,30)23-16-18(25)13-14-22(23)31-2/h4-14,16,20,27H,3,15H2,1-2H3,(H,26,28). The van der Waals surface area contributed by atoms with Crippen LogP contribution in [0.5, 0.6) is 11.5 Å². The van der Waals surface area contributed by atoms with Crippen LogP contribution in [-0.4, -0.2) is 34.1 Å². The van der Waals surface area contributed by atoms with Gasteiger partial charge in [-0.05, 0) is 49.2 Å². The van der Waals surface area contributed by atoms with Gasteiger partial charge in [0.2, 0.25) is 15.9 Å². The molecule has 1 unspecified atom stereocenters. The number of hydrogen-bond acceptors (Lipinski definition) is 5. The molecule has 0 spiro atoms. The number of hydrogen-bond donors (Lipinski definition) is 2. The molecule has 9 heteroatoms. The second-order valence-corrected chi connectivity index (χ2v) is 8.76. The van der Waals surface area contributed by atoms with E-state index in [4.69, 9.17) is 9.47 Å². The van der Waals surface area contributed by atoms with E-state index >= 15 is 0 Å². The lowest BCUT2D eigenvalue weighted by Gasteiger charge is -2.20. The molecule has 0 aliphatic rings. The van der Waals surface area contributed by atoms with E-state index in [9.17, 15) is 17.6 Å². The van der Waals surface area contributed by atoms with E-state index in [1.54, 1.807) is 48.5 Å². The number of amides is 1. The third kappa shape index (κ3) is 6.30. The van der Waals surface area contributed by atoms with Crippen molar-refractivity contribution in [2.75, 3.05) is 19.0 Å². The summed E-state index contributed by atoms with van der Waals surface area (Å²) in [6, 6.07) is 17.8. The molecular formula is C24H25FN2O5S. The van der Waals surface area contributed by atoms with Gasteiger partial charge in [0.05, 0.1) is 19.4 Å². The Hall–Kier alpha value is -3.43. The summed E-state index contributed by atoms with van der Waals surface area (Å²) in [6.07, 6.45) is 0.0698. The van der Waals surface area contributed by atoms with Crippen LogP contribution in [0.1, 0.15) is 12.5 Å². The van der Waals surface area contributed by atoms with E-state index in [0.29, 0.717) is 18.0 Å². The molecular weight excluding hydrogens is 447 g/mol. The van der Waals surface area contributed by atoms with E-state index in [2.05, 4.69) is 10.0 Å². The van der Waals surface area contributed by atoms with Crippen molar-refractivity contribution in [1.29, 1.82) is 0 Å². The van der Waals surface area contributed by atoms with Crippen LogP contribution in [0.2, 0.25) is 0 Å². The number of benzene rings is 3. The number of anilines is 1. The molecule has 0 aliphatic carbocycles. The van der Waals surface area contributed by atoms with Gasteiger partial charge in [-0.1, -0.05) is 42.5 Å². The molecule has 3 rings (SSSR count). The van der Waals surface area contributed by atoms with Gasteiger partial charge in [-0.25, -0.2) is 12.8 Å². The zero-order chi connectivity index (χ0) is 23.8. The van der Waals surface area contributed by atoms with Gasteiger partial charge in [0.25, 0.3) is 0 Å². The van der Waals surface area contributed by atoms with Crippen molar-refractivity contribution in [1.82, 2.24) is 4.72 Å². The number of para-hydroxylation sites is 2. The number of rotatable bonds is 10. The number of carbonyl (C=O) groups is 1. The number of methoxy groups -OCH3 is 1. The maximum absolute atomic E-state index is 13.8. The third-order valence-electron chi connectivity index (χ3n) is 4.76. The second kappa shape index (κ2) is 10.9. The van der Waals surface area contributed by atoms with Gasteiger partial charge >= 0.3 is 0 Å². The number of carbonyl (C=O) groups excluding carboxylic acids is 1. The topological polar surface area (TPSA) is 93.7 Å². The Balaban J connectivity index is 1.93. The fourth-order valence-corrected chi connectivity index (χ4v) is 4.60.